The van der Waals surface area contributed by atoms with Crippen LogP contribution < -0.4 is 10.6 Å². The van der Waals surface area contributed by atoms with E-state index in [0.717, 1.165) is 0 Å². The number of amides is 2. The average molecular weight is 285 g/mol. The summed E-state index contributed by atoms with van der Waals surface area (Å²) in [5.41, 5.74) is 0.814. The van der Waals surface area contributed by atoms with E-state index in [1.807, 2.05) is 0 Å². The SMILES string of the molecule is CC(=O)Nc1cc(NC(=O)CCC(=O)O)ccc1Cl. The maximum Gasteiger partial charge on any atom is 0.303 e. The molecule has 0 spiro atoms. The number of nitrogens with one attached hydrogen (secondary N) is 2. The van der Waals surface area contributed by atoms with Gasteiger partial charge in [0.25, 0.3) is 0 Å². The van der Waals surface area contributed by atoms with Crippen LogP contribution in [0.2, 0.25) is 5.02 Å². The van der Waals surface area contributed by atoms with Crippen molar-refractivity contribution in [3.63, 3.8) is 0 Å². The first-order chi connectivity index (χ1) is 8.88. The molecule has 0 aliphatic carbocycles. The van der Waals surface area contributed by atoms with E-state index in [0.29, 0.717) is 16.4 Å². The zero-order valence-electron chi connectivity index (χ0n) is 10.2. The minimum Gasteiger partial charge on any atom is -0.481 e. The molecule has 0 aromatic heterocycles. The Kier molecular flexibility index (Phi) is 5.32. The molecule has 6 nitrogen and oxygen atoms in total. The minimum atomic E-state index is -1.04. The smallest absolute Gasteiger partial charge is 0.303 e. The molecule has 0 aliphatic heterocycles. The van der Waals surface area contributed by atoms with Crippen molar-refractivity contribution < 1.29 is 19.5 Å². The molecule has 0 unspecified atom stereocenters. The number of anilines is 2. The normalized spacial score (nSPS) is 9.79. The lowest BCUT2D eigenvalue weighted by Gasteiger charge is -2.09. The van der Waals surface area contributed by atoms with E-state index in [-0.39, 0.29) is 18.7 Å². The fourth-order valence-corrected chi connectivity index (χ4v) is 1.50. The molecule has 0 saturated carbocycles. The van der Waals surface area contributed by atoms with Crippen LogP contribution in [0.5, 0.6) is 0 Å². The first kappa shape index (κ1) is 15.0. The van der Waals surface area contributed by atoms with Crippen LogP contribution >= 0.6 is 11.6 Å². The van der Waals surface area contributed by atoms with Gasteiger partial charge in [-0.25, -0.2) is 0 Å². The van der Waals surface area contributed by atoms with Gasteiger partial charge in [-0.05, 0) is 18.2 Å². The summed E-state index contributed by atoms with van der Waals surface area (Å²) >= 11 is 5.87. The number of carbonyl (C=O) groups is 3. The summed E-state index contributed by atoms with van der Waals surface area (Å²) in [4.78, 5) is 32.7. The minimum absolute atomic E-state index is 0.118. The highest BCUT2D eigenvalue weighted by molar-refractivity contribution is 6.33. The van der Waals surface area contributed by atoms with Gasteiger partial charge in [-0.2, -0.15) is 0 Å². The van der Waals surface area contributed by atoms with Gasteiger partial charge in [0.05, 0.1) is 17.1 Å². The van der Waals surface area contributed by atoms with Crippen molar-refractivity contribution in [2.24, 2.45) is 0 Å². The van der Waals surface area contributed by atoms with Crippen molar-refractivity contribution in [2.45, 2.75) is 19.8 Å². The third-order valence-corrected chi connectivity index (χ3v) is 2.46. The molecule has 102 valence electrons. The van der Waals surface area contributed by atoms with Gasteiger partial charge in [0, 0.05) is 19.0 Å². The Morgan fingerprint density at radius 2 is 1.89 bits per heavy atom. The predicted octanol–water partition coefficient (Wildman–Crippen LogP) is 2.10. The highest BCUT2D eigenvalue weighted by Gasteiger charge is 2.08. The van der Waals surface area contributed by atoms with Gasteiger partial charge in [0.2, 0.25) is 11.8 Å². The Bertz CT molecular complexity index is 516. The standard InChI is InChI=1S/C12H13ClN2O4/c1-7(16)14-10-6-8(2-3-9(10)13)15-11(17)4-5-12(18)19/h2-3,6H,4-5H2,1H3,(H,14,16)(H,15,17)(H,18,19). The molecule has 1 aromatic carbocycles. The van der Waals surface area contributed by atoms with Gasteiger partial charge in [-0.1, -0.05) is 11.6 Å². The van der Waals surface area contributed by atoms with Crippen LogP contribution in [0.1, 0.15) is 19.8 Å². The molecule has 0 aliphatic rings. The molecule has 0 saturated heterocycles. The monoisotopic (exact) mass is 284 g/mol. The van der Waals surface area contributed by atoms with Crippen LogP contribution in [0, 0.1) is 0 Å². The van der Waals surface area contributed by atoms with Crippen LogP contribution in [0.25, 0.3) is 0 Å². The van der Waals surface area contributed by atoms with Crippen molar-refractivity contribution in [3.8, 4) is 0 Å². The maximum absolute atomic E-state index is 11.4. The second-order valence-corrected chi connectivity index (χ2v) is 4.22. The van der Waals surface area contributed by atoms with Crippen LogP contribution in [0.3, 0.4) is 0 Å². The number of benzene rings is 1. The highest BCUT2D eigenvalue weighted by atomic mass is 35.5. The van der Waals surface area contributed by atoms with Crippen LogP contribution in [0.4, 0.5) is 11.4 Å². The number of hydrogen-bond acceptors (Lipinski definition) is 3. The number of rotatable bonds is 5. The van der Waals surface area contributed by atoms with E-state index in [4.69, 9.17) is 16.7 Å². The van der Waals surface area contributed by atoms with Gasteiger partial charge in [0.1, 0.15) is 0 Å². The molecule has 2 amide bonds. The fraction of sp³-hybridized carbons (Fsp3) is 0.250. The van der Waals surface area contributed by atoms with Crippen LogP contribution in [-0.2, 0) is 14.4 Å². The number of aliphatic carboxylic acids is 1. The topological polar surface area (TPSA) is 95.5 Å². The van der Waals surface area contributed by atoms with Gasteiger partial charge < -0.3 is 15.7 Å². The summed E-state index contributed by atoms with van der Waals surface area (Å²) in [5.74, 6) is -1.74. The lowest BCUT2D eigenvalue weighted by molar-refractivity contribution is -0.138. The maximum atomic E-state index is 11.4. The number of carboxylic acid groups (broad SMARTS) is 1. The highest BCUT2D eigenvalue weighted by Crippen LogP contribution is 2.25. The Hall–Kier alpha value is -2.08. The Morgan fingerprint density at radius 3 is 2.47 bits per heavy atom. The summed E-state index contributed by atoms with van der Waals surface area (Å²) < 4.78 is 0. The molecule has 1 rings (SSSR count). The van der Waals surface area contributed by atoms with Gasteiger partial charge in [-0.15, -0.1) is 0 Å². The molecule has 0 bridgehead atoms. The first-order valence-corrected chi connectivity index (χ1v) is 5.85. The van der Waals surface area contributed by atoms with E-state index in [9.17, 15) is 14.4 Å². The van der Waals surface area contributed by atoms with E-state index in [1.165, 1.54) is 19.1 Å². The molecular weight excluding hydrogens is 272 g/mol. The Balaban J connectivity index is 2.71. The predicted molar refractivity (Wildman–Crippen MR) is 71.3 cm³/mol. The summed E-state index contributed by atoms with van der Waals surface area (Å²) in [6.45, 7) is 1.34. The Morgan fingerprint density at radius 1 is 1.21 bits per heavy atom. The third kappa shape index (κ3) is 5.39. The summed E-state index contributed by atoms with van der Waals surface area (Å²) in [7, 11) is 0. The van der Waals surface area contributed by atoms with Crippen molar-refractivity contribution in [1.29, 1.82) is 0 Å². The molecule has 0 heterocycles. The van der Waals surface area contributed by atoms with E-state index in [2.05, 4.69) is 10.6 Å². The lowest BCUT2D eigenvalue weighted by Crippen LogP contribution is -2.13. The largest absolute Gasteiger partial charge is 0.481 e. The first-order valence-electron chi connectivity index (χ1n) is 5.47. The van der Waals surface area contributed by atoms with Crippen molar-refractivity contribution >= 4 is 40.8 Å². The van der Waals surface area contributed by atoms with Crippen molar-refractivity contribution in [3.05, 3.63) is 23.2 Å². The van der Waals surface area contributed by atoms with E-state index >= 15 is 0 Å². The molecule has 19 heavy (non-hydrogen) atoms. The van der Waals surface area contributed by atoms with Crippen molar-refractivity contribution in [1.82, 2.24) is 0 Å². The molecule has 3 N–H and O–H groups in total. The Labute approximate surface area is 114 Å². The second kappa shape index (κ2) is 6.75. The van der Waals surface area contributed by atoms with E-state index in [1.54, 1.807) is 6.07 Å². The molecule has 0 radical (unpaired) electrons. The summed E-state index contributed by atoms with van der Waals surface area (Å²) in [6.07, 6.45) is -0.356. The molecule has 0 fully saturated rings. The lowest BCUT2D eigenvalue weighted by atomic mass is 10.2. The number of hydrogen-bond donors (Lipinski definition) is 3. The van der Waals surface area contributed by atoms with Gasteiger partial charge in [-0.3, -0.25) is 14.4 Å². The van der Waals surface area contributed by atoms with Crippen molar-refractivity contribution in [2.75, 3.05) is 10.6 Å². The summed E-state index contributed by atoms with van der Waals surface area (Å²) in [6, 6.07) is 4.59. The molecular formula is C12H13ClN2O4. The van der Waals surface area contributed by atoms with Crippen LogP contribution in [-0.4, -0.2) is 22.9 Å². The average Bonchev–Trinajstić information content (AvgIpc) is 2.30. The molecule has 0 atom stereocenters. The number of carbonyl (C=O) groups excluding carboxylic acids is 2. The fourth-order valence-electron chi connectivity index (χ4n) is 1.33. The zero-order chi connectivity index (χ0) is 14.4. The van der Waals surface area contributed by atoms with Gasteiger partial charge >= 0.3 is 5.97 Å². The van der Waals surface area contributed by atoms with E-state index < -0.39 is 11.9 Å². The third-order valence-electron chi connectivity index (χ3n) is 2.13. The second-order valence-electron chi connectivity index (χ2n) is 3.82. The van der Waals surface area contributed by atoms with Gasteiger partial charge in [0.15, 0.2) is 0 Å². The number of carboxylic acids is 1. The summed E-state index contributed by atoms with van der Waals surface area (Å²) in [5, 5.41) is 13.9. The van der Waals surface area contributed by atoms with Crippen LogP contribution in [0.15, 0.2) is 18.2 Å². The quantitative estimate of drug-likeness (QED) is 0.771. The molecule has 7 heteroatoms. The number of halogens is 1. The zero-order valence-corrected chi connectivity index (χ0v) is 11.0. The molecule has 1 aromatic rings.